The summed E-state index contributed by atoms with van der Waals surface area (Å²) in [7, 11) is 1.66. The third-order valence-corrected chi connectivity index (χ3v) is 5.21. The van der Waals surface area contributed by atoms with Crippen molar-refractivity contribution in [3.05, 3.63) is 59.6 Å². The van der Waals surface area contributed by atoms with Crippen LogP contribution in [0.5, 0.6) is 11.6 Å². The molecule has 34 heavy (non-hydrogen) atoms. The largest absolute Gasteiger partial charge is 0.494 e. The van der Waals surface area contributed by atoms with Gasteiger partial charge < -0.3 is 19.9 Å². The molecule has 0 bridgehead atoms. The number of carboxylic acids is 1. The number of nitrogens with zero attached hydrogens (tertiary/aromatic N) is 2. The van der Waals surface area contributed by atoms with Gasteiger partial charge in [-0.1, -0.05) is 35.9 Å². The van der Waals surface area contributed by atoms with Gasteiger partial charge in [0, 0.05) is 16.7 Å². The Morgan fingerprint density at radius 3 is 2.35 bits per heavy atom. The van der Waals surface area contributed by atoms with Crippen molar-refractivity contribution >= 4 is 17.6 Å². The number of rotatable bonds is 5. The zero-order valence-corrected chi connectivity index (χ0v) is 18.9. The van der Waals surface area contributed by atoms with Gasteiger partial charge in [0.25, 0.3) is 0 Å². The van der Waals surface area contributed by atoms with Crippen LogP contribution in [0.15, 0.2) is 54.6 Å². The number of carboxylic acid groups (broad SMARTS) is 1. The van der Waals surface area contributed by atoms with Gasteiger partial charge >= 0.3 is 12.1 Å². The highest BCUT2D eigenvalue weighted by Crippen LogP contribution is 2.32. The van der Waals surface area contributed by atoms with Crippen LogP contribution in [0.1, 0.15) is 12.8 Å². The summed E-state index contributed by atoms with van der Waals surface area (Å²) in [6.45, 7) is 1.95. The van der Waals surface area contributed by atoms with Gasteiger partial charge in [-0.3, -0.25) is 0 Å². The van der Waals surface area contributed by atoms with Crippen LogP contribution in [0, 0.1) is 0 Å². The van der Waals surface area contributed by atoms with E-state index in [1.165, 1.54) is 0 Å². The topological polar surface area (TPSA) is 85.6 Å². The fourth-order valence-electron chi connectivity index (χ4n) is 3.32. The highest BCUT2D eigenvalue weighted by Gasteiger charge is 2.38. The van der Waals surface area contributed by atoms with Gasteiger partial charge in [-0.05, 0) is 50.2 Å². The average molecular weight is 498 g/mol. The molecule has 0 saturated carbocycles. The molecule has 1 saturated heterocycles. The van der Waals surface area contributed by atoms with Crippen molar-refractivity contribution in [2.24, 2.45) is 0 Å². The van der Waals surface area contributed by atoms with E-state index in [1.54, 1.807) is 7.11 Å². The maximum Gasteiger partial charge on any atom is 0.490 e. The number of benzene rings is 2. The van der Waals surface area contributed by atoms with Crippen molar-refractivity contribution in [1.29, 1.82) is 0 Å². The quantitative estimate of drug-likeness (QED) is 0.518. The molecular weight excluding hydrogens is 475 g/mol. The Balaban J connectivity index is 0.000000406. The SMILES string of the molecule is COc1ccccc1-n1nc(OC2CCNCC2)cc1-c1ccc(Cl)cc1.O=C(O)C(F)(F)F. The van der Waals surface area contributed by atoms with E-state index < -0.39 is 12.1 Å². The molecule has 1 aliphatic heterocycles. The maximum absolute atomic E-state index is 10.6. The second-order valence-corrected chi connectivity index (χ2v) is 7.76. The minimum absolute atomic E-state index is 0.185. The number of halogens is 4. The standard InChI is InChI=1S/C21H22ClN3O2.C2HF3O2/c1-26-20-5-3-2-4-18(20)25-19(15-6-8-16(22)9-7-15)14-21(24-25)27-17-10-12-23-13-11-17;3-2(4,5)1(6)7/h2-9,14,17,23H,10-13H2,1H3;(H,6,7). The van der Waals surface area contributed by atoms with Gasteiger partial charge in [-0.25, -0.2) is 9.48 Å². The summed E-state index contributed by atoms with van der Waals surface area (Å²) in [5.41, 5.74) is 2.81. The Bertz CT molecular complexity index is 1100. The van der Waals surface area contributed by atoms with Crippen LogP contribution in [0.25, 0.3) is 16.9 Å². The number of methoxy groups -OCH3 is 1. The lowest BCUT2D eigenvalue weighted by Gasteiger charge is -2.22. The lowest BCUT2D eigenvalue weighted by atomic mass is 10.1. The van der Waals surface area contributed by atoms with E-state index in [-0.39, 0.29) is 6.10 Å². The van der Waals surface area contributed by atoms with Crippen molar-refractivity contribution in [2.75, 3.05) is 20.2 Å². The molecule has 0 spiro atoms. The van der Waals surface area contributed by atoms with Crippen LogP contribution in [0.2, 0.25) is 5.02 Å². The van der Waals surface area contributed by atoms with E-state index in [4.69, 9.17) is 36.1 Å². The summed E-state index contributed by atoms with van der Waals surface area (Å²) < 4.78 is 45.3. The predicted molar refractivity (Wildman–Crippen MR) is 121 cm³/mol. The number of aromatic nitrogens is 2. The zero-order chi connectivity index (χ0) is 24.7. The Morgan fingerprint density at radius 2 is 1.76 bits per heavy atom. The van der Waals surface area contributed by atoms with Crippen molar-refractivity contribution in [2.45, 2.75) is 25.1 Å². The average Bonchev–Trinajstić information content (AvgIpc) is 3.23. The molecule has 2 heterocycles. The molecule has 0 unspecified atom stereocenters. The van der Waals surface area contributed by atoms with Crippen molar-refractivity contribution in [3.63, 3.8) is 0 Å². The summed E-state index contributed by atoms with van der Waals surface area (Å²) in [5, 5.41) is 15.9. The second kappa shape index (κ2) is 11.3. The lowest BCUT2D eigenvalue weighted by Crippen LogP contribution is -2.34. The lowest BCUT2D eigenvalue weighted by molar-refractivity contribution is -0.192. The number of hydrogen-bond acceptors (Lipinski definition) is 5. The molecule has 1 fully saturated rings. The molecule has 4 rings (SSSR count). The van der Waals surface area contributed by atoms with Crippen LogP contribution in [0.3, 0.4) is 0 Å². The highest BCUT2D eigenvalue weighted by molar-refractivity contribution is 6.30. The van der Waals surface area contributed by atoms with Crippen molar-refractivity contribution < 1.29 is 32.5 Å². The van der Waals surface area contributed by atoms with Gasteiger partial charge in [0.05, 0.1) is 12.8 Å². The molecule has 0 amide bonds. The zero-order valence-electron chi connectivity index (χ0n) is 18.2. The number of aliphatic carboxylic acids is 1. The number of nitrogens with one attached hydrogen (secondary N) is 1. The van der Waals surface area contributed by atoms with E-state index in [0.29, 0.717) is 10.9 Å². The number of hydrogen-bond donors (Lipinski definition) is 2. The molecule has 1 aliphatic rings. The monoisotopic (exact) mass is 497 g/mol. The number of alkyl halides is 3. The third-order valence-electron chi connectivity index (χ3n) is 4.96. The van der Waals surface area contributed by atoms with E-state index >= 15 is 0 Å². The smallest absolute Gasteiger partial charge is 0.490 e. The van der Waals surface area contributed by atoms with Crippen LogP contribution in [-0.2, 0) is 4.79 Å². The van der Waals surface area contributed by atoms with Crippen molar-refractivity contribution in [1.82, 2.24) is 15.1 Å². The molecule has 0 aliphatic carbocycles. The molecule has 2 N–H and O–H groups in total. The Hall–Kier alpha value is -3.24. The number of ether oxygens (including phenoxy) is 2. The normalized spacial score (nSPS) is 14.1. The molecule has 182 valence electrons. The predicted octanol–water partition coefficient (Wildman–Crippen LogP) is 4.97. The number of carbonyl (C=O) groups is 1. The Kier molecular flexibility index (Phi) is 8.41. The van der Waals surface area contributed by atoms with Gasteiger partial charge in [0.1, 0.15) is 17.5 Å². The van der Waals surface area contributed by atoms with Crippen LogP contribution < -0.4 is 14.8 Å². The Labute approximate surface area is 199 Å². The van der Waals surface area contributed by atoms with Crippen LogP contribution in [-0.4, -0.2) is 53.3 Å². The van der Waals surface area contributed by atoms with Crippen LogP contribution >= 0.6 is 11.6 Å². The summed E-state index contributed by atoms with van der Waals surface area (Å²) in [5.74, 6) is -1.38. The third kappa shape index (κ3) is 6.64. The van der Waals surface area contributed by atoms with Gasteiger partial charge in [-0.2, -0.15) is 13.2 Å². The molecule has 11 heteroatoms. The molecule has 2 aromatic carbocycles. The minimum atomic E-state index is -5.08. The van der Waals surface area contributed by atoms with Gasteiger partial charge in [0.2, 0.25) is 5.88 Å². The first-order valence-corrected chi connectivity index (χ1v) is 10.7. The molecule has 3 aromatic rings. The summed E-state index contributed by atoms with van der Waals surface area (Å²) in [6.07, 6.45) is -2.93. The maximum atomic E-state index is 10.6. The summed E-state index contributed by atoms with van der Waals surface area (Å²) >= 11 is 6.06. The second-order valence-electron chi connectivity index (χ2n) is 7.33. The first-order chi connectivity index (χ1) is 16.2. The van der Waals surface area contributed by atoms with Gasteiger partial charge in [-0.15, -0.1) is 5.10 Å². The number of para-hydroxylation sites is 2. The highest BCUT2D eigenvalue weighted by atomic mass is 35.5. The van der Waals surface area contributed by atoms with E-state index in [9.17, 15) is 13.2 Å². The molecule has 7 nitrogen and oxygen atoms in total. The van der Waals surface area contributed by atoms with Gasteiger partial charge in [0.15, 0.2) is 0 Å². The molecule has 0 radical (unpaired) electrons. The molecule has 0 atom stereocenters. The molecular formula is C23H23ClF3N3O4. The first kappa shape index (κ1) is 25.4. The fourth-order valence-corrected chi connectivity index (χ4v) is 3.44. The summed E-state index contributed by atoms with van der Waals surface area (Å²) in [6, 6.07) is 17.5. The van der Waals surface area contributed by atoms with E-state index in [1.807, 2.05) is 59.3 Å². The van der Waals surface area contributed by atoms with Crippen molar-refractivity contribution in [3.8, 4) is 28.6 Å². The summed E-state index contributed by atoms with van der Waals surface area (Å²) in [4.78, 5) is 8.90. The Morgan fingerprint density at radius 1 is 1.15 bits per heavy atom. The van der Waals surface area contributed by atoms with Crippen LogP contribution in [0.4, 0.5) is 13.2 Å². The number of piperidine rings is 1. The fraction of sp³-hybridized carbons (Fsp3) is 0.304. The van der Waals surface area contributed by atoms with E-state index in [0.717, 1.165) is 48.6 Å². The first-order valence-electron chi connectivity index (χ1n) is 10.4. The minimum Gasteiger partial charge on any atom is -0.494 e. The van der Waals surface area contributed by atoms with E-state index in [2.05, 4.69) is 5.32 Å². The molecule has 1 aromatic heterocycles.